The highest BCUT2D eigenvalue weighted by atomic mass is 127. The molecule has 4 nitrogen and oxygen atoms in total. The van der Waals surface area contributed by atoms with E-state index in [-0.39, 0.29) is 36.3 Å². The molecule has 0 bridgehead atoms. The zero-order valence-electron chi connectivity index (χ0n) is 11.6. The third kappa shape index (κ3) is 9.38. The van der Waals surface area contributed by atoms with Crippen molar-refractivity contribution in [2.45, 2.75) is 26.1 Å². The van der Waals surface area contributed by atoms with Crippen molar-refractivity contribution >= 4 is 29.9 Å². The Balaban J connectivity index is 0.00000400. The largest absolute Gasteiger partial charge is 0.484 e. The van der Waals surface area contributed by atoms with Crippen LogP contribution < -0.4 is 15.8 Å². The first-order chi connectivity index (χ1) is 9.40. The Morgan fingerprint density at radius 1 is 1.38 bits per heavy atom. The smallest absolute Gasteiger partial charge is 0.422 e. The minimum absolute atomic E-state index is 0. The summed E-state index contributed by atoms with van der Waals surface area (Å²) < 4.78 is 40.8. The zero-order chi connectivity index (χ0) is 15.0. The normalized spacial score (nSPS) is 11.7. The summed E-state index contributed by atoms with van der Waals surface area (Å²) in [7, 11) is 0. The molecule has 21 heavy (non-hydrogen) atoms. The summed E-state index contributed by atoms with van der Waals surface area (Å²) in [4.78, 5) is 4.09. The number of rotatable bonds is 6. The van der Waals surface area contributed by atoms with Gasteiger partial charge in [-0.25, -0.2) is 4.99 Å². The quantitative estimate of drug-likeness (QED) is 0.425. The fourth-order valence-electron chi connectivity index (χ4n) is 1.38. The Morgan fingerprint density at radius 3 is 2.71 bits per heavy atom. The molecule has 120 valence electrons. The first-order valence-corrected chi connectivity index (χ1v) is 6.23. The number of nitrogens with two attached hydrogens (primary N) is 1. The molecule has 0 spiro atoms. The second-order valence-electron chi connectivity index (χ2n) is 4.18. The van der Waals surface area contributed by atoms with Crippen LogP contribution in [0.15, 0.2) is 29.3 Å². The lowest BCUT2D eigenvalue weighted by Gasteiger charge is -2.10. The molecular formula is C13H19F3IN3O. The maximum absolute atomic E-state index is 12.0. The molecule has 0 saturated carbocycles. The molecule has 1 aromatic carbocycles. The number of ether oxygens (including phenoxy) is 1. The minimum Gasteiger partial charge on any atom is -0.484 e. The van der Waals surface area contributed by atoms with Crippen molar-refractivity contribution in [2.75, 3.05) is 13.2 Å². The summed E-state index contributed by atoms with van der Waals surface area (Å²) in [6, 6.07) is 6.35. The van der Waals surface area contributed by atoms with Gasteiger partial charge >= 0.3 is 6.18 Å². The molecule has 1 rings (SSSR count). The number of benzene rings is 1. The molecule has 8 heteroatoms. The second-order valence-corrected chi connectivity index (χ2v) is 4.18. The molecule has 0 fully saturated rings. The van der Waals surface area contributed by atoms with Gasteiger partial charge in [-0.1, -0.05) is 19.1 Å². The van der Waals surface area contributed by atoms with E-state index in [1.807, 2.05) is 6.92 Å². The average Bonchev–Trinajstić information content (AvgIpc) is 2.40. The molecule has 0 aromatic heterocycles. The van der Waals surface area contributed by atoms with Crippen molar-refractivity contribution in [3.8, 4) is 5.75 Å². The molecule has 0 saturated heterocycles. The maximum Gasteiger partial charge on any atom is 0.422 e. The fourth-order valence-corrected chi connectivity index (χ4v) is 1.38. The van der Waals surface area contributed by atoms with Crippen LogP contribution in [0.2, 0.25) is 0 Å². The Morgan fingerprint density at radius 2 is 2.10 bits per heavy atom. The van der Waals surface area contributed by atoms with Crippen LogP contribution in [0.25, 0.3) is 0 Å². The first-order valence-electron chi connectivity index (χ1n) is 6.23. The highest BCUT2D eigenvalue weighted by Gasteiger charge is 2.28. The number of alkyl halides is 3. The van der Waals surface area contributed by atoms with Gasteiger partial charge in [0.25, 0.3) is 0 Å². The van der Waals surface area contributed by atoms with E-state index in [1.165, 1.54) is 12.1 Å². The van der Waals surface area contributed by atoms with Gasteiger partial charge in [0.2, 0.25) is 0 Å². The lowest BCUT2D eigenvalue weighted by atomic mass is 10.2. The molecule has 0 radical (unpaired) electrons. The molecule has 1 aromatic rings. The molecule has 0 aliphatic rings. The molecule has 0 amide bonds. The van der Waals surface area contributed by atoms with E-state index in [2.05, 4.69) is 15.0 Å². The van der Waals surface area contributed by atoms with Crippen LogP contribution in [0.5, 0.6) is 5.75 Å². The lowest BCUT2D eigenvalue weighted by molar-refractivity contribution is -0.153. The summed E-state index contributed by atoms with van der Waals surface area (Å²) in [6.07, 6.45) is -3.42. The van der Waals surface area contributed by atoms with Crippen molar-refractivity contribution < 1.29 is 17.9 Å². The summed E-state index contributed by atoms with van der Waals surface area (Å²) >= 11 is 0. The van der Waals surface area contributed by atoms with E-state index in [1.54, 1.807) is 12.1 Å². The summed E-state index contributed by atoms with van der Waals surface area (Å²) in [5.74, 6) is 0.476. The SMILES string of the molecule is CCCNC(N)=NCc1cccc(OCC(F)(F)F)c1.I. The molecule has 0 heterocycles. The number of halogens is 4. The number of hydrogen-bond acceptors (Lipinski definition) is 2. The summed E-state index contributed by atoms with van der Waals surface area (Å²) in [5, 5.41) is 2.91. The van der Waals surface area contributed by atoms with Gasteiger partial charge in [0, 0.05) is 6.54 Å². The van der Waals surface area contributed by atoms with E-state index < -0.39 is 12.8 Å². The number of aliphatic imine (C=N–C) groups is 1. The van der Waals surface area contributed by atoms with Crippen molar-refractivity contribution in [1.29, 1.82) is 0 Å². The predicted octanol–water partition coefficient (Wildman–Crippen LogP) is 3.06. The van der Waals surface area contributed by atoms with E-state index in [9.17, 15) is 13.2 Å². The van der Waals surface area contributed by atoms with E-state index >= 15 is 0 Å². The zero-order valence-corrected chi connectivity index (χ0v) is 13.9. The molecule has 3 N–H and O–H groups in total. The van der Waals surface area contributed by atoms with Gasteiger partial charge in [0.1, 0.15) is 5.75 Å². The third-order valence-corrected chi connectivity index (χ3v) is 2.29. The van der Waals surface area contributed by atoms with Crippen LogP contribution in [-0.2, 0) is 6.54 Å². The fraction of sp³-hybridized carbons (Fsp3) is 0.462. The van der Waals surface area contributed by atoms with Crippen LogP contribution in [0, 0.1) is 0 Å². The van der Waals surface area contributed by atoms with Crippen molar-refractivity contribution in [2.24, 2.45) is 10.7 Å². The first kappa shape index (κ1) is 19.8. The highest BCUT2D eigenvalue weighted by Crippen LogP contribution is 2.19. The number of nitrogens with zero attached hydrogens (tertiary/aromatic N) is 1. The monoisotopic (exact) mass is 417 g/mol. The van der Waals surface area contributed by atoms with Crippen molar-refractivity contribution in [3.05, 3.63) is 29.8 Å². The lowest BCUT2D eigenvalue weighted by Crippen LogP contribution is -2.32. The minimum atomic E-state index is -4.34. The Kier molecular flexibility index (Phi) is 9.14. The maximum atomic E-state index is 12.0. The third-order valence-electron chi connectivity index (χ3n) is 2.29. The van der Waals surface area contributed by atoms with Gasteiger partial charge in [0.05, 0.1) is 6.54 Å². The highest BCUT2D eigenvalue weighted by molar-refractivity contribution is 14.0. The number of nitrogens with one attached hydrogen (secondary N) is 1. The Hall–Kier alpha value is -1.19. The van der Waals surface area contributed by atoms with Crippen LogP contribution in [0.3, 0.4) is 0 Å². The molecule has 0 aliphatic heterocycles. The van der Waals surface area contributed by atoms with Crippen LogP contribution in [0.4, 0.5) is 13.2 Å². The van der Waals surface area contributed by atoms with Gasteiger partial charge in [-0.15, -0.1) is 24.0 Å². The van der Waals surface area contributed by atoms with Crippen LogP contribution in [-0.4, -0.2) is 25.3 Å². The number of hydrogen-bond donors (Lipinski definition) is 2. The molecular weight excluding hydrogens is 398 g/mol. The molecule has 0 atom stereocenters. The van der Waals surface area contributed by atoms with E-state index in [0.717, 1.165) is 18.5 Å². The van der Waals surface area contributed by atoms with Crippen molar-refractivity contribution in [1.82, 2.24) is 5.32 Å². The van der Waals surface area contributed by atoms with Crippen molar-refractivity contribution in [3.63, 3.8) is 0 Å². The summed E-state index contributed by atoms with van der Waals surface area (Å²) in [6.45, 7) is 1.71. The van der Waals surface area contributed by atoms with Gasteiger partial charge in [-0.05, 0) is 24.1 Å². The van der Waals surface area contributed by atoms with Gasteiger partial charge < -0.3 is 15.8 Å². The summed E-state index contributed by atoms with van der Waals surface area (Å²) in [5.41, 5.74) is 6.35. The van der Waals surface area contributed by atoms with Crippen LogP contribution in [0.1, 0.15) is 18.9 Å². The van der Waals surface area contributed by atoms with E-state index in [0.29, 0.717) is 5.96 Å². The second kappa shape index (κ2) is 9.69. The van der Waals surface area contributed by atoms with E-state index in [4.69, 9.17) is 5.73 Å². The Bertz CT molecular complexity index is 453. The molecule has 0 unspecified atom stereocenters. The van der Waals surface area contributed by atoms with Gasteiger partial charge in [-0.2, -0.15) is 13.2 Å². The predicted molar refractivity (Wildman–Crippen MR) is 87.0 cm³/mol. The average molecular weight is 417 g/mol. The standard InChI is InChI=1S/C13H18F3N3O.HI/c1-2-6-18-12(17)19-8-10-4-3-5-11(7-10)20-9-13(14,15)16;/h3-5,7H,2,6,8-9H2,1H3,(H3,17,18,19);1H. The topological polar surface area (TPSA) is 59.6 Å². The van der Waals surface area contributed by atoms with Gasteiger partial charge in [-0.3, -0.25) is 0 Å². The van der Waals surface area contributed by atoms with Crippen LogP contribution >= 0.6 is 24.0 Å². The molecule has 0 aliphatic carbocycles. The number of guanidine groups is 1. The Labute approximate surface area is 139 Å². The van der Waals surface area contributed by atoms with Gasteiger partial charge in [0.15, 0.2) is 12.6 Å².